The summed E-state index contributed by atoms with van der Waals surface area (Å²) in [4.78, 5) is 20.0. The molecule has 2 fully saturated rings. The Kier molecular flexibility index (Phi) is 7.53. The second-order valence-corrected chi connectivity index (χ2v) is 10.3. The average Bonchev–Trinajstić information content (AvgIpc) is 3.68. The lowest BCUT2D eigenvalue weighted by Gasteiger charge is -2.35. The van der Waals surface area contributed by atoms with E-state index in [1.165, 1.54) is 5.56 Å². The highest BCUT2D eigenvalue weighted by Gasteiger charge is 2.44. The van der Waals surface area contributed by atoms with Crippen LogP contribution in [0.3, 0.4) is 0 Å². The number of hydrogen-bond donors (Lipinski definition) is 0. The van der Waals surface area contributed by atoms with Crippen LogP contribution in [-0.2, 0) is 26.6 Å². The second-order valence-electron chi connectivity index (χ2n) is 10.3. The molecule has 8 nitrogen and oxygen atoms in total. The maximum Gasteiger partial charge on any atom is 0.219 e. The van der Waals surface area contributed by atoms with Crippen LogP contribution in [0, 0.1) is 0 Å². The van der Waals surface area contributed by atoms with Gasteiger partial charge in [-0.05, 0) is 35.4 Å². The van der Waals surface area contributed by atoms with E-state index in [-0.39, 0.29) is 12.0 Å². The molecular formula is C32H34N4O4. The SMILES string of the molecule is CC(=O)N1CCN(c2ccc(OC[C@H]3CO[C@](Cn4ccnc4)(c4ccc(-c5ccccc5)cc4)O3)cc2)CC1. The van der Waals surface area contributed by atoms with Gasteiger partial charge >= 0.3 is 0 Å². The number of amides is 1. The molecule has 0 aliphatic carbocycles. The first-order valence-corrected chi connectivity index (χ1v) is 13.7. The van der Waals surface area contributed by atoms with Crippen molar-refractivity contribution in [3.63, 3.8) is 0 Å². The van der Waals surface area contributed by atoms with Crippen molar-refractivity contribution >= 4 is 11.6 Å². The van der Waals surface area contributed by atoms with Crippen molar-refractivity contribution < 1.29 is 19.0 Å². The number of benzene rings is 3. The number of carbonyl (C=O) groups excluding carboxylic acids is 1. The first-order valence-electron chi connectivity index (χ1n) is 13.7. The van der Waals surface area contributed by atoms with E-state index in [1.807, 2.05) is 46.0 Å². The maximum atomic E-state index is 11.6. The van der Waals surface area contributed by atoms with E-state index < -0.39 is 5.79 Å². The number of ether oxygens (including phenoxy) is 3. The Labute approximate surface area is 234 Å². The summed E-state index contributed by atoms with van der Waals surface area (Å²) in [6.45, 7) is 6.09. The van der Waals surface area contributed by atoms with Gasteiger partial charge in [0.2, 0.25) is 11.7 Å². The molecule has 0 N–H and O–H groups in total. The molecule has 0 bridgehead atoms. The van der Waals surface area contributed by atoms with Gasteiger partial charge in [-0.2, -0.15) is 0 Å². The molecule has 0 unspecified atom stereocenters. The highest BCUT2D eigenvalue weighted by Crippen LogP contribution is 2.37. The predicted molar refractivity (Wildman–Crippen MR) is 153 cm³/mol. The van der Waals surface area contributed by atoms with E-state index in [2.05, 4.69) is 58.4 Å². The van der Waals surface area contributed by atoms with Crippen molar-refractivity contribution in [1.29, 1.82) is 0 Å². The van der Waals surface area contributed by atoms with Gasteiger partial charge in [-0.25, -0.2) is 4.98 Å². The van der Waals surface area contributed by atoms with Crippen LogP contribution in [0.15, 0.2) is 97.6 Å². The van der Waals surface area contributed by atoms with Crippen LogP contribution in [-0.4, -0.2) is 65.9 Å². The maximum absolute atomic E-state index is 11.6. The number of aromatic nitrogens is 2. The summed E-state index contributed by atoms with van der Waals surface area (Å²) in [6, 6.07) is 26.8. The van der Waals surface area contributed by atoms with E-state index in [0.29, 0.717) is 19.8 Å². The molecular weight excluding hydrogens is 504 g/mol. The Morgan fingerprint density at radius 1 is 0.950 bits per heavy atom. The van der Waals surface area contributed by atoms with Gasteiger partial charge in [0.25, 0.3) is 0 Å². The molecule has 1 amide bonds. The number of imidazole rings is 1. The van der Waals surface area contributed by atoms with Crippen LogP contribution < -0.4 is 9.64 Å². The molecule has 2 atom stereocenters. The Bertz CT molecular complexity index is 1390. The monoisotopic (exact) mass is 538 g/mol. The first kappa shape index (κ1) is 26.1. The number of piperazine rings is 1. The molecule has 8 heteroatoms. The van der Waals surface area contributed by atoms with Gasteiger partial charge in [-0.3, -0.25) is 4.79 Å². The molecule has 0 spiro atoms. The van der Waals surface area contributed by atoms with E-state index in [9.17, 15) is 4.79 Å². The fourth-order valence-electron chi connectivity index (χ4n) is 5.36. The Morgan fingerprint density at radius 3 is 2.35 bits per heavy atom. The number of carbonyl (C=O) groups is 1. The first-order chi connectivity index (χ1) is 19.6. The van der Waals surface area contributed by atoms with Crippen molar-refractivity contribution in [1.82, 2.24) is 14.5 Å². The zero-order chi connectivity index (χ0) is 27.4. The van der Waals surface area contributed by atoms with Gasteiger partial charge < -0.3 is 28.6 Å². The summed E-state index contributed by atoms with van der Waals surface area (Å²) in [5.74, 6) is -0.00989. The van der Waals surface area contributed by atoms with Gasteiger partial charge in [0, 0.05) is 56.7 Å². The van der Waals surface area contributed by atoms with Crippen molar-refractivity contribution in [2.24, 2.45) is 0 Å². The molecule has 4 aromatic rings. The minimum Gasteiger partial charge on any atom is -0.491 e. The molecule has 0 radical (unpaired) electrons. The molecule has 0 saturated carbocycles. The van der Waals surface area contributed by atoms with E-state index >= 15 is 0 Å². The standard InChI is InChI=1S/C32H34N4O4/c1-25(37)35-17-19-36(20-18-35)29-11-13-30(14-12-29)38-21-31-22-39-32(40-31,23-34-16-15-33-24-34)28-9-7-27(8-10-28)26-5-3-2-4-6-26/h2-16,24,31H,17-23H2,1H3/t31-,32-/m0/s1. The van der Waals surface area contributed by atoms with E-state index in [0.717, 1.165) is 48.7 Å². The highest BCUT2D eigenvalue weighted by atomic mass is 16.8. The summed E-state index contributed by atoms with van der Waals surface area (Å²) < 4.78 is 21.1. The number of hydrogen-bond acceptors (Lipinski definition) is 6. The van der Waals surface area contributed by atoms with Crippen LogP contribution in [0.25, 0.3) is 11.1 Å². The van der Waals surface area contributed by atoms with Crippen LogP contribution in [0.2, 0.25) is 0 Å². The molecule has 3 heterocycles. The van der Waals surface area contributed by atoms with Gasteiger partial charge in [0.1, 0.15) is 18.5 Å². The number of anilines is 1. The average molecular weight is 539 g/mol. The topological polar surface area (TPSA) is 69.1 Å². The van der Waals surface area contributed by atoms with Crippen molar-refractivity contribution in [2.75, 3.05) is 44.3 Å². The molecule has 2 saturated heterocycles. The molecule has 206 valence electrons. The van der Waals surface area contributed by atoms with Gasteiger partial charge in [-0.15, -0.1) is 0 Å². The van der Waals surface area contributed by atoms with Crippen LogP contribution in [0.4, 0.5) is 5.69 Å². The highest BCUT2D eigenvalue weighted by molar-refractivity contribution is 5.73. The fraction of sp³-hybridized carbons (Fsp3) is 0.312. The van der Waals surface area contributed by atoms with Gasteiger partial charge in [0.05, 0.1) is 19.5 Å². The quantitative estimate of drug-likeness (QED) is 0.328. The normalized spacial score (nSPS) is 21.0. The molecule has 2 aliphatic rings. The summed E-state index contributed by atoms with van der Waals surface area (Å²) in [7, 11) is 0. The zero-order valence-electron chi connectivity index (χ0n) is 22.7. The van der Waals surface area contributed by atoms with Crippen molar-refractivity contribution in [3.05, 3.63) is 103 Å². The Morgan fingerprint density at radius 2 is 1.68 bits per heavy atom. The number of rotatable bonds is 8. The summed E-state index contributed by atoms with van der Waals surface area (Å²) in [6.07, 6.45) is 5.22. The third-order valence-corrected chi connectivity index (χ3v) is 7.60. The molecule has 2 aliphatic heterocycles. The lowest BCUT2D eigenvalue weighted by Crippen LogP contribution is -2.48. The Balaban J connectivity index is 1.10. The van der Waals surface area contributed by atoms with Gasteiger partial charge in [-0.1, -0.05) is 54.6 Å². The van der Waals surface area contributed by atoms with E-state index in [4.69, 9.17) is 14.2 Å². The van der Waals surface area contributed by atoms with Crippen molar-refractivity contribution in [3.8, 4) is 16.9 Å². The summed E-state index contributed by atoms with van der Waals surface area (Å²) in [5, 5.41) is 0. The third kappa shape index (κ3) is 5.73. The second kappa shape index (κ2) is 11.5. The van der Waals surface area contributed by atoms with Gasteiger partial charge in [0.15, 0.2) is 0 Å². The van der Waals surface area contributed by atoms with E-state index in [1.54, 1.807) is 19.4 Å². The molecule has 1 aromatic heterocycles. The Hall–Kier alpha value is -4.14. The molecule has 6 rings (SSSR count). The zero-order valence-corrected chi connectivity index (χ0v) is 22.7. The van der Waals surface area contributed by atoms with Crippen LogP contribution in [0.1, 0.15) is 12.5 Å². The molecule has 40 heavy (non-hydrogen) atoms. The lowest BCUT2D eigenvalue weighted by molar-refractivity contribution is -0.189. The summed E-state index contributed by atoms with van der Waals surface area (Å²) >= 11 is 0. The minimum absolute atomic E-state index is 0.139. The minimum atomic E-state index is -0.935. The number of nitrogens with zero attached hydrogens (tertiary/aromatic N) is 4. The predicted octanol–water partition coefficient (Wildman–Crippen LogP) is 4.57. The lowest BCUT2D eigenvalue weighted by atomic mass is 10.00. The fourth-order valence-corrected chi connectivity index (χ4v) is 5.36. The summed E-state index contributed by atoms with van der Waals surface area (Å²) in [5.41, 5.74) is 4.40. The molecule has 3 aromatic carbocycles. The smallest absolute Gasteiger partial charge is 0.219 e. The van der Waals surface area contributed by atoms with Crippen LogP contribution >= 0.6 is 0 Å². The van der Waals surface area contributed by atoms with Crippen LogP contribution in [0.5, 0.6) is 5.75 Å². The third-order valence-electron chi connectivity index (χ3n) is 7.60. The van der Waals surface area contributed by atoms with Crippen molar-refractivity contribution in [2.45, 2.75) is 25.4 Å². The largest absolute Gasteiger partial charge is 0.491 e.